The number of hydrogen-bond acceptors (Lipinski definition) is 2. The van der Waals surface area contributed by atoms with E-state index in [1.165, 1.54) is 0 Å². The van der Waals surface area contributed by atoms with Gasteiger partial charge in [0.05, 0.1) is 0 Å². The summed E-state index contributed by atoms with van der Waals surface area (Å²) in [4.78, 5) is 22.7. The van der Waals surface area contributed by atoms with E-state index in [1.54, 1.807) is 19.9 Å². The van der Waals surface area contributed by atoms with Crippen LogP contribution in [0, 0.1) is 5.92 Å². The van der Waals surface area contributed by atoms with Gasteiger partial charge < -0.3 is 5.32 Å². The van der Waals surface area contributed by atoms with Crippen LogP contribution >= 0.6 is 0 Å². The van der Waals surface area contributed by atoms with Gasteiger partial charge in [-0.1, -0.05) is 19.9 Å². The number of imide groups is 1. The van der Waals surface area contributed by atoms with Crippen molar-refractivity contribution in [2.45, 2.75) is 47.1 Å². The summed E-state index contributed by atoms with van der Waals surface area (Å²) < 4.78 is 0. The first-order valence-electron chi connectivity index (χ1n) is 5.61. The Kier molecular flexibility index (Phi) is 6.46. The molecule has 4 nitrogen and oxygen atoms in total. The van der Waals surface area contributed by atoms with Crippen molar-refractivity contribution in [2.75, 3.05) is 0 Å². The van der Waals surface area contributed by atoms with Crippen molar-refractivity contribution < 1.29 is 9.59 Å². The molecule has 0 saturated heterocycles. The topological polar surface area (TPSA) is 58.2 Å². The molecule has 0 saturated carbocycles. The van der Waals surface area contributed by atoms with E-state index in [9.17, 15) is 9.59 Å². The van der Waals surface area contributed by atoms with E-state index in [1.807, 2.05) is 6.92 Å². The second-order valence-electron chi connectivity index (χ2n) is 4.43. The minimum absolute atomic E-state index is 0.0683. The predicted molar refractivity (Wildman–Crippen MR) is 65.0 cm³/mol. The van der Waals surface area contributed by atoms with Crippen LogP contribution in [-0.2, 0) is 4.79 Å². The highest BCUT2D eigenvalue weighted by molar-refractivity contribution is 6.03. The van der Waals surface area contributed by atoms with Crippen LogP contribution in [0.5, 0.6) is 0 Å². The third kappa shape index (κ3) is 6.22. The van der Waals surface area contributed by atoms with Crippen molar-refractivity contribution in [2.24, 2.45) is 5.92 Å². The zero-order chi connectivity index (χ0) is 12.7. The Morgan fingerprint density at radius 2 is 1.81 bits per heavy atom. The van der Waals surface area contributed by atoms with Gasteiger partial charge in [-0.2, -0.15) is 0 Å². The molecule has 0 aliphatic heterocycles. The smallest absolute Gasteiger partial charge is 0.321 e. The molecule has 2 N–H and O–H groups in total. The highest BCUT2D eigenvalue weighted by Gasteiger charge is 2.12. The number of carbonyl (C=O) groups excluding carboxylic acids is 2. The van der Waals surface area contributed by atoms with Crippen molar-refractivity contribution in [3.63, 3.8) is 0 Å². The van der Waals surface area contributed by atoms with Crippen LogP contribution in [0.4, 0.5) is 4.79 Å². The van der Waals surface area contributed by atoms with Gasteiger partial charge >= 0.3 is 6.03 Å². The van der Waals surface area contributed by atoms with Crippen molar-refractivity contribution >= 4 is 11.9 Å². The first kappa shape index (κ1) is 14.7. The molecule has 1 unspecified atom stereocenters. The zero-order valence-electron chi connectivity index (χ0n) is 10.8. The van der Waals surface area contributed by atoms with Gasteiger partial charge in [0.1, 0.15) is 0 Å². The van der Waals surface area contributed by atoms with E-state index in [-0.39, 0.29) is 11.9 Å². The van der Waals surface area contributed by atoms with Gasteiger partial charge in [0.2, 0.25) is 0 Å². The van der Waals surface area contributed by atoms with Crippen LogP contribution in [0.15, 0.2) is 11.6 Å². The van der Waals surface area contributed by atoms with E-state index in [2.05, 4.69) is 24.5 Å². The summed E-state index contributed by atoms with van der Waals surface area (Å²) in [5.41, 5.74) is 0.534. The summed E-state index contributed by atoms with van der Waals surface area (Å²) in [5, 5.41) is 5.00. The van der Waals surface area contributed by atoms with Gasteiger partial charge in [-0.3, -0.25) is 10.1 Å². The van der Waals surface area contributed by atoms with Gasteiger partial charge in [-0.15, -0.1) is 0 Å². The first-order valence-corrected chi connectivity index (χ1v) is 5.61. The van der Waals surface area contributed by atoms with E-state index < -0.39 is 6.03 Å². The quantitative estimate of drug-likeness (QED) is 0.722. The fourth-order valence-electron chi connectivity index (χ4n) is 1.36. The van der Waals surface area contributed by atoms with Crippen molar-refractivity contribution in [1.82, 2.24) is 10.6 Å². The fraction of sp³-hybridized carbons (Fsp3) is 0.667. The van der Waals surface area contributed by atoms with Gasteiger partial charge in [0.15, 0.2) is 0 Å². The molecule has 0 aromatic carbocycles. The molecule has 0 aromatic heterocycles. The Balaban J connectivity index is 4.04. The molecule has 0 aliphatic carbocycles. The van der Waals surface area contributed by atoms with Gasteiger partial charge in [0, 0.05) is 11.6 Å². The van der Waals surface area contributed by atoms with Gasteiger partial charge in [-0.05, 0) is 33.1 Å². The SMILES string of the molecule is C/C=C(\C)C(=O)NC(=O)NC(C)CC(C)C. The van der Waals surface area contributed by atoms with Gasteiger partial charge in [-0.25, -0.2) is 4.79 Å². The number of rotatable bonds is 4. The first-order chi connectivity index (χ1) is 7.36. The van der Waals surface area contributed by atoms with E-state index in [0.717, 1.165) is 6.42 Å². The third-order valence-electron chi connectivity index (χ3n) is 2.22. The molecule has 0 spiro atoms. The summed E-state index contributed by atoms with van der Waals surface area (Å²) in [7, 11) is 0. The molecule has 0 aromatic rings. The molecule has 0 fully saturated rings. The number of carbonyl (C=O) groups is 2. The van der Waals surface area contributed by atoms with Crippen LogP contribution < -0.4 is 10.6 Å². The minimum atomic E-state index is -0.431. The summed E-state index contributed by atoms with van der Waals surface area (Å²) in [6.07, 6.45) is 2.56. The Hall–Kier alpha value is -1.32. The molecule has 4 heteroatoms. The normalized spacial score (nSPS) is 13.5. The molecular formula is C12H22N2O2. The number of amides is 3. The lowest BCUT2D eigenvalue weighted by atomic mass is 10.1. The third-order valence-corrected chi connectivity index (χ3v) is 2.22. The van der Waals surface area contributed by atoms with Crippen molar-refractivity contribution in [3.8, 4) is 0 Å². The van der Waals surface area contributed by atoms with E-state index in [0.29, 0.717) is 11.5 Å². The number of urea groups is 1. The monoisotopic (exact) mass is 226 g/mol. The second-order valence-corrected chi connectivity index (χ2v) is 4.43. The standard InChI is InChI=1S/C12H22N2O2/c1-6-9(4)11(15)14-12(16)13-10(5)7-8(2)3/h6,8,10H,7H2,1-5H3,(H2,13,14,15,16)/b9-6+. The predicted octanol–water partition coefficient (Wildman–Crippen LogP) is 2.21. The van der Waals surface area contributed by atoms with E-state index in [4.69, 9.17) is 0 Å². The van der Waals surface area contributed by atoms with E-state index >= 15 is 0 Å². The van der Waals surface area contributed by atoms with Crippen LogP contribution in [0.3, 0.4) is 0 Å². The Morgan fingerprint density at radius 3 is 2.25 bits per heavy atom. The summed E-state index contributed by atoms with van der Waals surface area (Å²) in [5.74, 6) is 0.167. The largest absolute Gasteiger partial charge is 0.335 e. The summed E-state index contributed by atoms with van der Waals surface area (Å²) in [6.45, 7) is 9.53. The zero-order valence-corrected chi connectivity index (χ0v) is 10.8. The second kappa shape index (κ2) is 7.04. The molecule has 3 amide bonds. The lowest BCUT2D eigenvalue weighted by Crippen LogP contribution is -2.44. The minimum Gasteiger partial charge on any atom is -0.335 e. The van der Waals surface area contributed by atoms with Crippen LogP contribution in [-0.4, -0.2) is 18.0 Å². The maximum atomic E-state index is 11.4. The van der Waals surface area contributed by atoms with Crippen molar-refractivity contribution in [1.29, 1.82) is 0 Å². The lowest BCUT2D eigenvalue weighted by Gasteiger charge is -2.15. The maximum Gasteiger partial charge on any atom is 0.321 e. The average molecular weight is 226 g/mol. The Bertz CT molecular complexity index is 283. The molecule has 0 radical (unpaired) electrons. The Morgan fingerprint density at radius 1 is 1.25 bits per heavy atom. The average Bonchev–Trinajstić information content (AvgIpc) is 2.14. The molecule has 0 bridgehead atoms. The number of nitrogens with one attached hydrogen (secondary N) is 2. The highest BCUT2D eigenvalue weighted by atomic mass is 16.2. The molecular weight excluding hydrogens is 204 g/mol. The summed E-state index contributed by atoms with van der Waals surface area (Å²) >= 11 is 0. The molecule has 0 aliphatic rings. The molecule has 92 valence electrons. The molecule has 0 rings (SSSR count). The Labute approximate surface area is 97.5 Å². The molecule has 1 atom stereocenters. The number of hydrogen-bond donors (Lipinski definition) is 2. The van der Waals surface area contributed by atoms with Crippen molar-refractivity contribution in [3.05, 3.63) is 11.6 Å². The molecule has 0 heterocycles. The van der Waals surface area contributed by atoms with Crippen LogP contribution in [0.2, 0.25) is 0 Å². The van der Waals surface area contributed by atoms with Crippen LogP contribution in [0.25, 0.3) is 0 Å². The summed E-state index contributed by atoms with van der Waals surface area (Å²) in [6, 6.07) is -0.363. The van der Waals surface area contributed by atoms with Gasteiger partial charge in [0.25, 0.3) is 5.91 Å². The molecule has 16 heavy (non-hydrogen) atoms. The highest BCUT2D eigenvalue weighted by Crippen LogP contribution is 2.03. The van der Waals surface area contributed by atoms with Crippen LogP contribution in [0.1, 0.15) is 41.0 Å². The fourth-order valence-corrected chi connectivity index (χ4v) is 1.36. The lowest BCUT2D eigenvalue weighted by molar-refractivity contribution is -0.116. The number of allylic oxidation sites excluding steroid dienone is 1. The maximum absolute atomic E-state index is 11.4.